The van der Waals surface area contributed by atoms with Crippen molar-refractivity contribution in [3.63, 3.8) is 0 Å². The number of benzene rings is 1. The number of carbonyl (C=O) groups is 1. The van der Waals surface area contributed by atoms with Gasteiger partial charge >= 0.3 is 0 Å². The zero-order chi connectivity index (χ0) is 15.3. The highest BCUT2D eigenvalue weighted by atomic mass is 35.5. The maximum absolute atomic E-state index is 12.7. The monoisotopic (exact) mass is 328 g/mol. The van der Waals surface area contributed by atoms with Gasteiger partial charge in [-0.1, -0.05) is 12.1 Å². The van der Waals surface area contributed by atoms with E-state index in [0.717, 1.165) is 11.3 Å². The number of ether oxygens (including phenoxy) is 2. The van der Waals surface area contributed by atoms with Crippen molar-refractivity contribution in [2.75, 3.05) is 33.9 Å². The Balaban J connectivity index is 0.00000242. The molecular weight excluding hydrogens is 304 g/mol. The Labute approximate surface area is 138 Å². The lowest BCUT2D eigenvalue weighted by molar-refractivity contribution is -0.146. The van der Waals surface area contributed by atoms with Crippen molar-refractivity contribution in [2.45, 2.75) is 19.4 Å². The number of hydrogen-bond acceptors (Lipinski definition) is 4. The van der Waals surface area contributed by atoms with E-state index in [9.17, 15) is 4.79 Å². The van der Waals surface area contributed by atoms with E-state index in [-0.39, 0.29) is 18.3 Å². The molecule has 22 heavy (non-hydrogen) atoms. The molecule has 6 heteroatoms. The molecule has 1 aliphatic rings. The van der Waals surface area contributed by atoms with Crippen molar-refractivity contribution in [2.24, 2.45) is 11.1 Å². The van der Waals surface area contributed by atoms with Crippen LogP contribution in [0.4, 0.5) is 0 Å². The molecule has 0 spiro atoms. The topological polar surface area (TPSA) is 64.8 Å². The van der Waals surface area contributed by atoms with Crippen LogP contribution < -0.4 is 10.5 Å². The van der Waals surface area contributed by atoms with Crippen LogP contribution in [-0.4, -0.2) is 44.7 Å². The quantitative estimate of drug-likeness (QED) is 0.895. The minimum Gasteiger partial charge on any atom is -0.497 e. The Bertz CT molecular complexity index is 473. The number of halogens is 1. The molecule has 124 valence electrons. The molecule has 0 aromatic heterocycles. The lowest BCUT2D eigenvalue weighted by Crippen LogP contribution is -2.49. The van der Waals surface area contributed by atoms with Gasteiger partial charge < -0.3 is 20.1 Å². The predicted octanol–water partition coefficient (Wildman–Crippen LogP) is 1.83. The Kier molecular flexibility index (Phi) is 7.13. The number of hydrogen-bond donors (Lipinski definition) is 1. The third kappa shape index (κ3) is 4.12. The van der Waals surface area contributed by atoms with Gasteiger partial charge in [-0.15, -0.1) is 12.4 Å². The first-order valence-corrected chi connectivity index (χ1v) is 7.27. The summed E-state index contributed by atoms with van der Waals surface area (Å²) < 4.78 is 10.5. The number of nitrogens with zero attached hydrogens (tertiary/aromatic N) is 1. The highest BCUT2D eigenvalue weighted by Gasteiger charge is 2.40. The summed E-state index contributed by atoms with van der Waals surface area (Å²) in [7, 11) is 3.47. The standard InChI is InChI=1S/C16H24N2O3.ClH/c1-18(11-13-3-5-14(20-2)6-4-13)15(19)16(12-17)7-9-21-10-8-16;/h3-6H,7-12,17H2,1-2H3;1H. The first kappa shape index (κ1) is 18.7. The van der Waals surface area contributed by atoms with Gasteiger partial charge in [0.05, 0.1) is 12.5 Å². The molecule has 0 atom stereocenters. The van der Waals surface area contributed by atoms with E-state index in [0.29, 0.717) is 39.1 Å². The van der Waals surface area contributed by atoms with Crippen molar-refractivity contribution >= 4 is 18.3 Å². The van der Waals surface area contributed by atoms with Gasteiger partial charge in [0.2, 0.25) is 5.91 Å². The van der Waals surface area contributed by atoms with Crippen molar-refractivity contribution in [3.8, 4) is 5.75 Å². The summed E-state index contributed by atoms with van der Waals surface area (Å²) >= 11 is 0. The summed E-state index contributed by atoms with van der Waals surface area (Å²) in [4.78, 5) is 14.5. The van der Waals surface area contributed by atoms with Gasteiger partial charge in [-0.3, -0.25) is 4.79 Å². The lowest BCUT2D eigenvalue weighted by Gasteiger charge is -2.37. The molecule has 0 unspecified atom stereocenters. The fourth-order valence-electron chi connectivity index (χ4n) is 2.75. The van der Waals surface area contributed by atoms with Crippen LogP contribution in [0.15, 0.2) is 24.3 Å². The zero-order valence-electron chi connectivity index (χ0n) is 13.2. The van der Waals surface area contributed by atoms with Crippen LogP contribution in [0.2, 0.25) is 0 Å². The molecule has 0 aliphatic carbocycles. The largest absolute Gasteiger partial charge is 0.497 e. The first-order chi connectivity index (χ1) is 10.1. The third-order valence-corrected chi connectivity index (χ3v) is 4.22. The summed E-state index contributed by atoms with van der Waals surface area (Å²) in [5.41, 5.74) is 6.50. The van der Waals surface area contributed by atoms with Crippen LogP contribution in [0.25, 0.3) is 0 Å². The first-order valence-electron chi connectivity index (χ1n) is 7.27. The van der Waals surface area contributed by atoms with Gasteiger partial charge in [-0.2, -0.15) is 0 Å². The Hall–Kier alpha value is -1.30. The molecule has 5 nitrogen and oxygen atoms in total. The molecule has 0 bridgehead atoms. The molecule has 1 saturated heterocycles. The molecule has 2 rings (SSSR count). The van der Waals surface area contributed by atoms with Gasteiger partial charge in [0.15, 0.2) is 0 Å². The molecule has 1 aromatic carbocycles. The number of rotatable bonds is 5. The second-order valence-electron chi connectivity index (χ2n) is 5.61. The summed E-state index contributed by atoms with van der Waals surface area (Å²) in [6, 6.07) is 7.75. The number of nitrogens with two attached hydrogens (primary N) is 1. The maximum atomic E-state index is 12.7. The summed E-state index contributed by atoms with van der Waals surface area (Å²) in [6.45, 7) is 2.17. The molecule has 2 N–H and O–H groups in total. The number of amides is 1. The van der Waals surface area contributed by atoms with Gasteiger partial charge in [0.1, 0.15) is 5.75 Å². The van der Waals surface area contributed by atoms with Gasteiger partial charge in [0.25, 0.3) is 0 Å². The molecule has 0 radical (unpaired) electrons. The molecule has 0 saturated carbocycles. The van der Waals surface area contributed by atoms with Crippen LogP contribution in [0.5, 0.6) is 5.75 Å². The fourth-order valence-corrected chi connectivity index (χ4v) is 2.75. The van der Waals surface area contributed by atoms with Crippen LogP contribution in [0, 0.1) is 5.41 Å². The zero-order valence-corrected chi connectivity index (χ0v) is 14.0. The normalized spacial score (nSPS) is 16.5. The summed E-state index contributed by atoms with van der Waals surface area (Å²) in [5, 5.41) is 0. The molecule has 1 heterocycles. The second-order valence-corrected chi connectivity index (χ2v) is 5.61. The van der Waals surface area contributed by atoms with Crippen molar-refractivity contribution in [1.29, 1.82) is 0 Å². The van der Waals surface area contributed by atoms with Crippen molar-refractivity contribution in [1.82, 2.24) is 4.90 Å². The molecular formula is C16H25ClN2O3. The third-order valence-electron chi connectivity index (χ3n) is 4.22. The van der Waals surface area contributed by atoms with E-state index < -0.39 is 5.41 Å². The van der Waals surface area contributed by atoms with E-state index in [4.69, 9.17) is 15.2 Å². The Morgan fingerprint density at radius 1 is 1.32 bits per heavy atom. The van der Waals surface area contributed by atoms with E-state index in [1.807, 2.05) is 31.3 Å². The average Bonchev–Trinajstić information content (AvgIpc) is 2.55. The lowest BCUT2D eigenvalue weighted by atomic mass is 9.79. The van der Waals surface area contributed by atoms with E-state index in [1.54, 1.807) is 12.0 Å². The molecule has 1 amide bonds. The fraction of sp³-hybridized carbons (Fsp3) is 0.562. The Morgan fingerprint density at radius 2 is 1.91 bits per heavy atom. The average molecular weight is 329 g/mol. The SMILES string of the molecule is COc1ccc(CN(C)C(=O)C2(CN)CCOCC2)cc1.Cl. The van der Waals surface area contributed by atoms with Crippen LogP contribution >= 0.6 is 12.4 Å². The highest BCUT2D eigenvalue weighted by molar-refractivity contribution is 5.85. The Morgan fingerprint density at radius 3 is 2.41 bits per heavy atom. The molecule has 1 fully saturated rings. The smallest absolute Gasteiger partial charge is 0.230 e. The number of methoxy groups -OCH3 is 1. The van der Waals surface area contributed by atoms with Gasteiger partial charge in [-0.25, -0.2) is 0 Å². The predicted molar refractivity (Wildman–Crippen MR) is 88.3 cm³/mol. The molecule has 1 aliphatic heterocycles. The van der Waals surface area contributed by atoms with Crippen LogP contribution in [0.3, 0.4) is 0 Å². The van der Waals surface area contributed by atoms with Crippen molar-refractivity contribution in [3.05, 3.63) is 29.8 Å². The minimum atomic E-state index is -0.459. The summed E-state index contributed by atoms with van der Waals surface area (Å²) in [5.74, 6) is 0.930. The van der Waals surface area contributed by atoms with E-state index in [2.05, 4.69) is 0 Å². The highest BCUT2D eigenvalue weighted by Crippen LogP contribution is 2.31. The van der Waals surface area contributed by atoms with E-state index >= 15 is 0 Å². The maximum Gasteiger partial charge on any atom is 0.230 e. The summed E-state index contributed by atoms with van der Waals surface area (Å²) in [6.07, 6.45) is 1.41. The molecule has 1 aromatic rings. The second kappa shape index (κ2) is 8.36. The van der Waals surface area contributed by atoms with E-state index in [1.165, 1.54) is 0 Å². The van der Waals surface area contributed by atoms with Crippen LogP contribution in [0.1, 0.15) is 18.4 Å². The van der Waals surface area contributed by atoms with Crippen LogP contribution in [-0.2, 0) is 16.1 Å². The van der Waals surface area contributed by atoms with Crippen molar-refractivity contribution < 1.29 is 14.3 Å². The number of carbonyl (C=O) groups excluding carboxylic acids is 1. The minimum absolute atomic E-state index is 0. The van der Waals surface area contributed by atoms with Gasteiger partial charge in [-0.05, 0) is 30.5 Å². The van der Waals surface area contributed by atoms with Gasteiger partial charge in [0, 0.05) is 33.4 Å².